The standard InChI is InChI=1S/C22H37N3O2Si/c1-15(2)19(27-28(8,9)22(5,6)7)20-23-18-13-11-10-12-17(18)14-25(20)24-21(26)16(3)4/h10-13,15-16,19H,14H2,1-9H3,(H,24,26)/t19-/m0/s1. The minimum atomic E-state index is -2.02. The molecule has 2 rings (SSSR count). The maximum Gasteiger partial charge on any atom is 0.241 e. The molecule has 1 aromatic rings. The number of amides is 1. The van der Waals surface area contributed by atoms with Crippen LogP contribution in [0, 0.1) is 11.8 Å². The molecule has 1 heterocycles. The number of hydrogen-bond donors (Lipinski definition) is 1. The van der Waals surface area contributed by atoms with Crippen LogP contribution in [-0.2, 0) is 15.8 Å². The quantitative estimate of drug-likeness (QED) is 0.659. The van der Waals surface area contributed by atoms with Crippen LogP contribution >= 0.6 is 0 Å². The van der Waals surface area contributed by atoms with E-state index in [0.717, 1.165) is 17.1 Å². The summed E-state index contributed by atoms with van der Waals surface area (Å²) in [5, 5.41) is 1.99. The first-order chi connectivity index (χ1) is 12.8. The van der Waals surface area contributed by atoms with Gasteiger partial charge in [0, 0.05) is 5.92 Å². The lowest BCUT2D eigenvalue weighted by atomic mass is 10.0. The van der Waals surface area contributed by atoms with Gasteiger partial charge < -0.3 is 4.43 Å². The van der Waals surface area contributed by atoms with E-state index in [9.17, 15) is 4.79 Å². The Kier molecular flexibility index (Phi) is 6.76. The van der Waals surface area contributed by atoms with Gasteiger partial charge in [0.25, 0.3) is 0 Å². The second-order valence-electron chi connectivity index (χ2n) is 9.86. The number of amidine groups is 1. The molecular formula is C22H37N3O2Si. The molecule has 0 spiro atoms. The first kappa shape index (κ1) is 22.6. The zero-order valence-corrected chi connectivity index (χ0v) is 20.0. The maximum absolute atomic E-state index is 12.5. The van der Waals surface area contributed by atoms with Gasteiger partial charge in [-0.15, -0.1) is 0 Å². The van der Waals surface area contributed by atoms with Crippen molar-refractivity contribution in [2.75, 3.05) is 0 Å². The number of benzene rings is 1. The highest BCUT2D eigenvalue weighted by atomic mass is 28.4. The lowest BCUT2D eigenvalue weighted by Gasteiger charge is -2.43. The second-order valence-corrected chi connectivity index (χ2v) is 14.6. The fraction of sp³-hybridized carbons (Fsp3) is 0.636. The second kappa shape index (κ2) is 8.37. The largest absolute Gasteiger partial charge is 0.406 e. The van der Waals surface area contributed by atoms with Crippen LogP contribution in [-0.4, -0.2) is 31.2 Å². The summed E-state index contributed by atoms with van der Waals surface area (Å²) in [5.74, 6) is 0.920. The van der Waals surface area contributed by atoms with Crippen LogP contribution in [0.25, 0.3) is 0 Å². The van der Waals surface area contributed by atoms with Gasteiger partial charge in [0.05, 0.1) is 12.2 Å². The molecule has 0 bridgehead atoms. The molecule has 1 aliphatic rings. The molecule has 0 radical (unpaired) electrons. The Labute approximate surface area is 171 Å². The highest BCUT2D eigenvalue weighted by molar-refractivity contribution is 6.74. The van der Waals surface area contributed by atoms with Gasteiger partial charge in [-0.2, -0.15) is 0 Å². The molecule has 0 unspecified atom stereocenters. The summed E-state index contributed by atoms with van der Waals surface area (Å²) in [6.07, 6.45) is -0.179. The summed E-state index contributed by atoms with van der Waals surface area (Å²) in [5.41, 5.74) is 5.13. The van der Waals surface area contributed by atoms with E-state index in [1.165, 1.54) is 0 Å². The topological polar surface area (TPSA) is 53.9 Å². The van der Waals surface area contributed by atoms with E-state index in [1.807, 2.05) is 37.1 Å². The predicted molar refractivity (Wildman–Crippen MR) is 119 cm³/mol. The third-order valence-corrected chi connectivity index (χ3v) is 10.1. The highest BCUT2D eigenvalue weighted by Crippen LogP contribution is 2.39. The van der Waals surface area contributed by atoms with E-state index in [2.05, 4.69) is 59.2 Å². The minimum Gasteiger partial charge on any atom is -0.406 e. The maximum atomic E-state index is 12.5. The van der Waals surface area contributed by atoms with Crippen molar-refractivity contribution in [1.29, 1.82) is 0 Å². The van der Waals surface area contributed by atoms with E-state index in [4.69, 9.17) is 9.42 Å². The lowest BCUT2D eigenvalue weighted by Crippen LogP contribution is -2.56. The van der Waals surface area contributed by atoms with Crippen LogP contribution in [0.15, 0.2) is 29.3 Å². The van der Waals surface area contributed by atoms with Crippen molar-refractivity contribution in [2.24, 2.45) is 16.8 Å². The number of carbonyl (C=O) groups excluding carboxylic acids is 1. The molecule has 1 N–H and O–H groups in total. The molecule has 0 aromatic heterocycles. The Morgan fingerprint density at radius 1 is 1.18 bits per heavy atom. The number of fused-ring (bicyclic) bond motifs is 1. The third kappa shape index (κ3) is 5.03. The van der Waals surface area contributed by atoms with Gasteiger partial charge in [0.1, 0.15) is 6.10 Å². The van der Waals surface area contributed by atoms with Gasteiger partial charge in [0.2, 0.25) is 5.91 Å². The van der Waals surface area contributed by atoms with Gasteiger partial charge in [-0.3, -0.25) is 15.2 Å². The SMILES string of the molecule is CC(C)C(=O)NN1Cc2ccccc2N=C1[C@@H](O[Si](C)(C)C(C)(C)C)C(C)C. The van der Waals surface area contributed by atoms with Gasteiger partial charge in [0.15, 0.2) is 14.2 Å². The minimum absolute atomic E-state index is 0.0121. The number of carbonyl (C=O) groups is 1. The number of nitrogens with one attached hydrogen (secondary N) is 1. The van der Waals surface area contributed by atoms with Crippen LogP contribution in [0.1, 0.15) is 54.0 Å². The molecule has 1 aromatic carbocycles. The van der Waals surface area contributed by atoms with Crippen molar-refractivity contribution < 1.29 is 9.22 Å². The first-order valence-electron chi connectivity index (χ1n) is 10.3. The van der Waals surface area contributed by atoms with Gasteiger partial charge in [-0.05, 0) is 35.7 Å². The molecular weight excluding hydrogens is 366 g/mol. The first-order valence-corrected chi connectivity index (χ1v) is 13.2. The van der Waals surface area contributed by atoms with Crippen molar-refractivity contribution in [3.8, 4) is 0 Å². The normalized spacial score (nSPS) is 16.1. The predicted octanol–water partition coefficient (Wildman–Crippen LogP) is 5.27. The Morgan fingerprint density at radius 2 is 1.79 bits per heavy atom. The van der Waals surface area contributed by atoms with Gasteiger partial charge >= 0.3 is 0 Å². The molecule has 5 nitrogen and oxygen atoms in total. The number of rotatable bonds is 6. The summed E-state index contributed by atoms with van der Waals surface area (Å²) >= 11 is 0. The zero-order chi connectivity index (χ0) is 21.3. The van der Waals surface area contributed by atoms with E-state index in [-0.39, 0.29) is 28.9 Å². The highest BCUT2D eigenvalue weighted by Gasteiger charge is 2.42. The Hall–Kier alpha value is -1.66. The zero-order valence-electron chi connectivity index (χ0n) is 19.0. The van der Waals surface area contributed by atoms with E-state index in [1.54, 1.807) is 0 Å². The summed E-state index contributed by atoms with van der Waals surface area (Å²) in [4.78, 5) is 17.4. The third-order valence-electron chi connectivity index (χ3n) is 5.69. The molecule has 0 fully saturated rings. The average molecular weight is 404 g/mol. The van der Waals surface area contributed by atoms with Crippen molar-refractivity contribution >= 4 is 25.7 Å². The van der Waals surface area contributed by atoms with Crippen LogP contribution in [0.5, 0.6) is 0 Å². The van der Waals surface area contributed by atoms with E-state index in [0.29, 0.717) is 6.54 Å². The van der Waals surface area contributed by atoms with Crippen LogP contribution in [0.4, 0.5) is 5.69 Å². The molecule has 0 aliphatic carbocycles. The Bertz CT molecular complexity index is 736. The van der Waals surface area contributed by atoms with Crippen molar-refractivity contribution in [3.63, 3.8) is 0 Å². The molecule has 28 heavy (non-hydrogen) atoms. The van der Waals surface area contributed by atoms with Crippen molar-refractivity contribution in [1.82, 2.24) is 10.4 Å². The molecule has 6 heteroatoms. The van der Waals surface area contributed by atoms with Crippen molar-refractivity contribution in [3.05, 3.63) is 29.8 Å². The Morgan fingerprint density at radius 3 is 2.32 bits per heavy atom. The van der Waals surface area contributed by atoms with E-state index < -0.39 is 8.32 Å². The summed E-state index contributed by atoms with van der Waals surface area (Å²) in [6.45, 7) is 20.0. The van der Waals surface area contributed by atoms with Gasteiger partial charge in [-0.1, -0.05) is 66.7 Å². The summed E-state index contributed by atoms with van der Waals surface area (Å²) in [7, 11) is -2.02. The van der Waals surface area contributed by atoms with E-state index >= 15 is 0 Å². The smallest absolute Gasteiger partial charge is 0.241 e. The van der Waals surface area contributed by atoms with Crippen LogP contribution < -0.4 is 5.43 Å². The molecule has 0 saturated carbocycles. The van der Waals surface area contributed by atoms with Gasteiger partial charge in [-0.25, -0.2) is 4.99 Å². The monoisotopic (exact) mass is 403 g/mol. The lowest BCUT2D eigenvalue weighted by molar-refractivity contribution is -0.127. The number of para-hydroxylation sites is 1. The molecule has 0 saturated heterocycles. The van der Waals surface area contributed by atoms with Crippen molar-refractivity contribution in [2.45, 2.75) is 79.2 Å². The number of hydrazine groups is 1. The molecule has 1 aliphatic heterocycles. The number of aliphatic imine (C=N–C) groups is 1. The molecule has 1 atom stereocenters. The van der Waals surface area contributed by atoms with Crippen LogP contribution in [0.3, 0.4) is 0 Å². The van der Waals surface area contributed by atoms with Crippen LogP contribution in [0.2, 0.25) is 18.1 Å². The fourth-order valence-electron chi connectivity index (χ4n) is 2.75. The number of nitrogens with zero attached hydrogens (tertiary/aromatic N) is 2. The average Bonchev–Trinajstić information content (AvgIpc) is 2.58. The summed E-state index contributed by atoms with van der Waals surface area (Å²) in [6, 6.07) is 8.10. The Balaban J connectivity index is 2.46. The number of hydrogen-bond acceptors (Lipinski definition) is 4. The summed E-state index contributed by atoms with van der Waals surface area (Å²) < 4.78 is 6.81. The fourth-order valence-corrected chi connectivity index (χ4v) is 4.11. The molecule has 156 valence electrons. The molecule has 1 amide bonds.